The largest absolute Gasteiger partial charge is 0.228 e. The maximum absolute atomic E-state index is 5.34. The topological polar surface area (TPSA) is 25.8 Å². The van der Waals surface area contributed by atoms with Crippen molar-refractivity contribution < 1.29 is 0 Å². The minimum Gasteiger partial charge on any atom is -0.228 e. The SMILES string of the molecule is c1ccc(-c2ccc(-c3nc(-c4ccccc4)cc(-c4ccccc4-c4ccc5c(c4)C4(c6ccccc6-5)c5ccccc5-c5sc6ccccc6c54)n3)cc2)cc1. The van der Waals surface area contributed by atoms with Crippen molar-refractivity contribution in [2.45, 2.75) is 5.41 Å². The molecule has 2 aliphatic carbocycles. The van der Waals surface area contributed by atoms with Crippen molar-refractivity contribution in [2.75, 3.05) is 0 Å². The lowest BCUT2D eigenvalue weighted by atomic mass is 9.69. The lowest BCUT2D eigenvalue weighted by Gasteiger charge is -2.30. The van der Waals surface area contributed by atoms with E-state index in [4.69, 9.17) is 9.97 Å². The molecule has 8 aromatic carbocycles. The molecule has 1 unspecified atom stereocenters. The van der Waals surface area contributed by atoms with Crippen LogP contribution in [0.1, 0.15) is 22.3 Å². The van der Waals surface area contributed by atoms with Crippen LogP contribution in [0.4, 0.5) is 0 Å². The second-order valence-corrected chi connectivity index (χ2v) is 16.3. The average Bonchev–Trinajstić information content (AvgIpc) is 3.93. The molecule has 2 aliphatic rings. The van der Waals surface area contributed by atoms with E-state index in [2.05, 4.69) is 200 Å². The normalized spacial score (nSPS) is 14.6. The van der Waals surface area contributed by atoms with Gasteiger partial charge in [-0.05, 0) is 84.8 Å². The van der Waals surface area contributed by atoms with Crippen molar-refractivity contribution in [1.82, 2.24) is 9.97 Å². The van der Waals surface area contributed by atoms with E-state index in [1.165, 1.54) is 65.0 Å². The molecule has 0 saturated heterocycles. The van der Waals surface area contributed by atoms with Crippen LogP contribution in [0.25, 0.3) is 87.8 Å². The van der Waals surface area contributed by atoms with Gasteiger partial charge in [-0.2, -0.15) is 0 Å². The van der Waals surface area contributed by atoms with Crippen molar-refractivity contribution in [3.05, 3.63) is 229 Å². The molecule has 1 spiro atoms. The maximum atomic E-state index is 5.34. The summed E-state index contributed by atoms with van der Waals surface area (Å²) in [6.07, 6.45) is 0. The number of nitrogens with zero attached hydrogens (tertiary/aromatic N) is 2. The van der Waals surface area contributed by atoms with Gasteiger partial charge in [0.05, 0.1) is 16.8 Å². The summed E-state index contributed by atoms with van der Waals surface area (Å²) >= 11 is 1.92. The van der Waals surface area contributed by atoms with Crippen LogP contribution in [0.3, 0.4) is 0 Å². The molecule has 10 aromatic rings. The molecule has 0 N–H and O–H groups in total. The molecule has 0 saturated carbocycles. The monoisotopic (exact) mass is 754 g/mol. The van der Waals surface area contributed by atoms with Gasteiger partial charge in [0, 0.05) is 26.3 Å². The van der Waals surface area contributed by atoms with Crippen LogP contribution in [0.2, 0.25) is 0 Å². The second kappa shape index (κ2) is 12.9. The molecule has 2 heterocycles. The number of thiophene rings is 1. The third-order valence-corrected chi connectivity index (χ3v) is 13.4. The van der Waals surface area contributed by atoms with Gasteiger partial charge in [0.1, 0.15) is 0 Å². The van der Waals surface area contributed by atoms with Crippen LogP contribution in [0, 0.1) is 0 Å². The van der Waals surface area contributed by atoms with E-state index in [0.717, 1.165) is 39.2 Å². The quantitative estimate of drug-likeness (QED) is 0.175. The molecule has 12 rings (SSSR count). The molecule has 2 aromatic heterocycles. The Bertz CT molecular complexity index is 3220. The molecule has 0 amide bonds. The van der Waals surface area contributed by atoms with E-state index in [0.29, 0.717) is 5.82 Å². The van der Waals surface area contributed by atoms with Gasteiger partial charge in [0.25, 0.3) is 0 Å². The van der Waals surface area contributed by atoms with E-state index < -0.39 is 5.41 Å². The van der Waals surface area contributed by atoms with Crippen molar-refractivity contribution in [3.63, 3.8) is 0 Å². The summed E-state index contributed by atoms with van der Waals surface area (Å²) in [6, 6.07) is 74.7. The van der Waals surface area contributed by atoms with Gasteiger partial charge in [-0.15, -0.1) is 11.3 Å². The molecule has 1 atom stereocenters. The number of hydrogen-bond donors (Lipinski definition) is 0. The molecular formula is C55H34N2S. The first kappa shape index (κ1) is 33.0. The molecule has 0 aliphatic heterocycles. The van der Waals surface area contributed by atoms with E-state index in [9.17, 15) is 0 Å². The first-order valence-electron chi connectivity index (χ1n) is 19.8. The van der Waals surface area contributed by atoms with Crippen LogP contribution in [-0.4, -0.2) is 9.97 Å². The third kappa shape index (κ3) is 4.84. The van der Waals surface area contributed by atoms with Gasteiger partial charge in [0.2, 0.25) is 0 Å². The minimum atomic E-state index is -0.434. The minimum absolute atomic E-state index is 0.434. The Morgan fingerprint density at radius 1 is 0.345 bits per heavy atom. The second-order valence-electron chi connectivity index (χ2n) is 15.2. The molecule has 0 bridgehead atoms. The van der Waals surface area contributed by atoms with Crippen molar-refractivity contribution in [3.8, 4) is 77.7 Å². The van der Waals surface area contributed by atoms with Crippen molar-refractivity contribution >= 4 is 21.4 Å². The Balaban J connectivity index is 1.06. The molecule has 0 fully saturated rings. The smallest absolute Gasteiger partial charge is 0.160 e. The number of fused-ring (bicyclic) bond motifs is 12. The predicted molar refractivity (Wildman–Crippen MR) is 241 cm³/mol. The Labute approximate surface area is 341 Å². The average molecular weight is 755 g/mol. The molecule has 3 heteroatoms. The van der Waals surface area contributed by atoms with E-state index in [1.54, 1.807) is 0 Å². The highest BCUT2D eigenvalue weighted by atomic mass is 32.1. The summed E-state index contributed by atoms with van der Waals surface area (Å²) in [5.74, 6) is 0.702. The molecule has 0 radical (unpaired) electrons. The van der Waals surface area contributed by atoms with Gasteiger partial charge >= 0.3 is 0 Å². The van der Waals surface area contributed by atoms with Crippen LogP contribution in [0.15, 0.2) is 206 Å². The van der Waals surface area contributed by atoms with Gasteiger partial charge in [0.15, 0.2) is 5.82 Å². The lowest BCUT2D eigenvalue weighted by molar-refractivity contribution is 0.803. The highest BCUT2D eigenvalue weighted by Gasteiger charge is 2.53. The Kier molecular flexibility index (Phi) is 7.35. The van der Waals surface area contributed by atoms with Gasteiger partial charge in [-0.1, -0.05) is 188 Å². The summed E-state index contributed by atoms with van der Waals surface area (Å²) in [5, 5.41) is 1.34. The van der Waals surface area contributed by atoms with Crippen molar-refractivity contribution in [2.24, 2.45) is 0 Å². The first-order valence-corrected chi connectivity index (χ1v) is 20.6. The fourth-order valence-electron chi connectivity index (χ4n) is 9.63. The van der Waals surface area contributed by atoms with Crippen molar-refractivity contribution in [1.29, 1.82) is 0 Å². The van der Waals surface area contributed by atoms with E-state index >= 15 is 0 Å². The van der Waals surface area contributed by atoms with E-state index in [-0.39, 0.29) is 0 Å². The fraction of sp³-hybridized carbons (Fsp3) is 0.0182. The molecular weight excluding hydrogens is 721 g/mol. The number of hydrogen-bond acceptors (Lipinski definition) is 3. The Morgan fingerprint density at radius 2 is 0.879 bits per heavy atom. The first-order chi connectivity index (χ1) is 28.8. The summed E-state index contributed by atoms with van der Waals surface area (Å²) in [4.78, 5) is 11.9. The highest BCUT2D eigenvalue weighted by molar-refractivity contribution is 7.22. The zero-order valence-corrected chi connectivity index (χ0v) is 32.2. The number of benzene rings is 8. The highest BCUT2D eigenvalue weighted by Crippen LogP contribution is 2.66. The molecule has 2 nitrogen and oxygen atoms in total. The van der Waals surface area contributed by atoms with Gasteiger partial charge < -0.3 is 0 Å². The Hall–Kier alpha value is -7.20. The summed E-state index contributed by atoms with van der Waals surface area (Å²) in [5.41, 5.74) is 18.5. The fourth-order valence-corrected chi connectivity index (χ4v) is 10.9. The Morgan fingerprint density at radius 3 is 1.66 bits per heavy atom. The van der Waals surface area contributed by atoms with E-state index in [1.807, 2.05) is 17.4 Å². The summed E-state index contributed by atoms with van der Waals surface area (Å²) in [6.45, 7) is 0. The summed E-state index contributed by atoms with van der Waals surface area (Å²) in [7, 11) is 0. The molecule has 270 valence electrons. The predicted octanol–water partition coefficient (Wildman–Crippen LogP) is 14.4. The third-order valence-electron chi connectivity index (χ3n) is 12.2. The van der Waals surface area contributed by atoms with Gasteiger partial charge in [-0.25, -0.2) is 9.97 Å². The maximum Gasteiger partial charge on any atom is 0.160 e. The van der Waals surface area contributed by atoms with Crippen LogP contribution >= 0.6 is 11.3 Å². The van der Waals surface area contributed by atoms with Crippen LogP contribution < -0.4 is 0 Å². The van der Waals surface area contributed by atoms with Gasteiger partial charge in [-0.3, -0.25) is 0 Å². The van der Waals surface area contributed by atoms with Crippen LogP contribution in [-0.2, 0) is 5.41 Å². The lowest BCUT2D eigenvalue weighted by Crippen LogP contribution is -2.25. The summed E-state index contributed by atoms with van der Waals surface area (Å²) < 4.78 is 1.33. The number of rotatable bonds is 5. The van der Waals surface area contributed by atoms with Crippen LogP contribution in [0.5, 0.6) is 0 Å². The standard InChI is InChI=1S/C55H34N2S/c1-3-15-35(16-4-1)36-27-29-38(30-28-36)54-56-49(37-17-5-2-6-18-37)34-50(57-54)43-21-8-7-19-40(43)39-31-32-42-41-20-9-12-24-46(41)55(48(42)33-39)47-25-13-10-22-44(47)53-52(55)45-23-11-14-26-51(45)58-53/h1-34H. The zero-order valence-electron chi connectivity index (χ0n) is 31.4. The number of aromatic nitrogens is 2. The molecule has 58 heavy (non-hydrogen) atoms. The zero-order chi connectivity index (χ0) is 38.2.